The van der Waals surface area contributed by atoms with Gasteiger partial charge < -0.3 is 125 Å². The van der Waals surface area contributed by atoms with Gasteiger partial charge in [-0.1, -0.05) is 0 Å². The predicted octanol–water partition coefficient (Wildman–Crippen LogP) is -10.8. The summed E-state index contributed by atoms with van der Waals surface area (Å²) in [6.07, 6.45) is -43.1. The van der Waals surface area contributed by atoms with Crippen molar-refractivity contribution in [1.29, 1.82) is 0 Å². The minimum absolute atomic E-state index is 0.807. The summed E-state index contributed by atoms with van der Waals surface area (Å²) in [5.41, 5.74) is 0. The van der Waals surface area contributed by atoms with E-state index in [4.69, 9.17) is 42.6 Å². The SMILES string of the molecule is CC(=O)N[C@H]1[C@H](O[C@@H]2[C@H](O)[C@@H](O)[C@H](O[C@H]3[C@H](O)[C@@H](O)[C@H](O)O[C@@H]3CO)O[C@@H]2CO)O[C@H](CO)[C@H](O)[C@@H]1O[C@@H]1O[C@H](CO)[C@H](O)[C@H](O)[C@H]1O[C@@H]1O[C@@H](C)[C@@H](O)[C@@H](O)[C@@H]1O. The summed E-state index contributed by atoms with van der Waals surface area (Å²) in [4.78, 5) is 12.6. The number of hydrogen-bond donors (Lipinski definition) is 16. The van der Waals surface area contributed by atoms with Crippen LogP contribution in [0.15, 0.2) is 0 Å². The Hall–Kier alpha value is -1.49. The monoisotopic (exact) mass is 853 g/mol. The first-order valence-corrected chi connectivity index (χ1v) is 18.5. The van der Waals surface area contributed by atoms with Crippen LogP contribution in [0, 0.1) is 0 Å². The number of amides is 1. The van der Waals surface area contributed by atoms with Gasteiger partial charge in [0.15, 0.2) is 31.5 Å². The number of aliphatic hydroxyl groups excluding tert-OH is 15. The highest BCUT2D eigenvalue weighted by Crippen LogP contribution is 2.36. The van der Waals surface area contributed by atoms with Gasteiger partial charge in [0.25, 0.3) is 0 Å². The number of rotatable bonds is 13. The molecule has 26 heteroatoms. The zero-order valence-electron chi connectivity index (χ0n) is 31.1. The fraction of sp³-hybridized carbons (Fsp3) is 0.969. The molecule has 5 fully saturated rings. The van der Waals surface area contributed by atoms with Crippen molar-refractivity contribution in [3.63, 3.8) is 0 Å². The predicted molar refractivity (Wildman–Crippen MR) is 177 cm³/mol. The molecule has 0 radical (unpaired) electrons. The quantitative estimate of drug-likeness (QED) is 0.0818. The molecule has 5 aliphatic rings. The zero-order valence-corrected chi connectivity index (χ0v) is 31.1. The maximum Gasteiger partial charge on any atom is 0.217 e. The standard InChI is InChI=1S/C32H55NO25/c1-7-14(39)17(42)22(47)30(50-7)58-27-18(43)15(40)9(3-34)53-32(27)57-26-13(33-8(2)38)29(52-10(4-35)16(26)41)55-25-12(6-37)54-31(23(48)20(25)45)56-24-11(5-36)51-28(49)21(46)19(24)44/h7,9-32,34-37,39-49H,3-6H2,1-2H3,(H,33,38)/t7-,9+,10+,11+,12+,13+,14+,15-,16-,17+,18-,19+,20+,21+,22-,23+,24+,25-,26+,27+,28+,29-,30-,31-,32-/m0/s1. The molecule has 58 heavy (non-hydrogen) atoms. The van der Waals surface area contributed by atoms with Crippen molar-refractivity contribution in [3.8, 4) is 0 Å². The average molecular weight is 854 g/mol. The topological polar surface area (TPSA) is 416 Å². The van der Waals surface area contributed by atoms with Crippen LogP contribution >= 0.6 is 0 Å². The smallest absolute Gasteiger partial charge is 0.217 e. The summed E-state index contributed by atoms with van der Waals surface area (Å²) in [5, 5.41) is 159. The van der Waals surface area contributed by atoms with Crippen molar-refractivity contribution in [1.82, 2.24) is 5.32 Å². The lowest BCUT2D eigenvalue weighted by Gasteiger charge is -2.50. The van der Waals surface area contributed by atoms with Crippen LogP contribution < -0.4 is 5.32 Å². The van der Waals surface area contributed by atoms with Crippen LogP contribution in [-0.2, 0) is 47.4 Å². The highest BCUT2D eigenvalue weighted by atomic mass is 16.8. The van der Waals surface area contributed by atoms with Crippen LogP contribution in [-0.4, -0.2) is 262 Å². The largest absolute Gasteiger partial charge is 0.394 e. The molecule has 0 saturated carbocycles. The molecule has 0 unspecified atom stereocenters. The minimum Gasteiger partial charge on any atom is -0.394 e. The second-order valence-corrected chi connectivity index (χ2v) is 14.7. The van der Waals surface area contributed by atoms with E-state index in [1.807, 2.05) is 0 Å². The molecule has 0 aromatic rings. The molecule has 0 bridgehead atoms. The molecule has 16 N–H and O–H groups in total. The minimum atomic E-state index is -2.09. The molecule has 338 valence electrons. The molecular formula is C32H55NO25. The Morgan fingerprint density at radius 2 is 0.879 bits per heavy atom. The first kappa shape index (κ1) is 47.6. The van der Waals surface area contributed by atoms with E-state index in [-0.39, 0.29) is 0 Å². The van der Waals surface area contributed by atoms with Crippen molar-refractivity contribution in [2.45, 2.75) is 167 Å². The Morgan fingerprint density at radius 3 is 1.47 bits per heavy atom. The lowest BCUT2D eigenvalue weighted by molar-refractivity contribution is -0.389. The number of hydrogen-bond acceptors (Lipinski definition) is 25. The highest BCUT2D eigenvalue weighted by molar-refractivity contribution is 5.73. The Morgan fingerprint density at radius 1 is 0.448 bits per heavy atom. The van der Waals surface area contributed by atoms with Crippen LogP contribution in [0.1, 0.15) is 13.8 Å². The van der Waals surface area contributed by atoms with E-state index in [2.05, 4.69) is 5.32 Å². The van der Waals surface area contributed by atoms with Crippen LogP contribution in [0.2, 0.25) is 0 Å². The van der Waals surface area contributed by atoms with Crippen LogP contribution in [0.3, 0.4) is 0 Å². The highest BCUT2D eigenvalue weighted by Gasteiger charge is 2.57. The fourth-order valence-electron chi connectivity index (χ4n) is 7.36. The number of carbonyl (C=O) groups is 1. The molecule has 25 atom stereocenters. The summed E-state index contributed by atoms with van der Waals surface area (Å²) in [5.74, 6) is -0.807. The third kappa shape index (κ3) is 9.75. The van der Waals surface area contributed by atoms with E-state index in [9.17, 15) is 81.4 Å². The molecule has 0 aromatic carbocycles. The van der Waals surface area contributed by atoms with Crippen molar-refractivity contribution < 1.29 is 124 Å². The number of aliphatic hydroxyl groups is 15. The summed E-state index contributed by atoms with van der Waals surface area (Å²) in [6.45, 7) is -1.31. The van der Waals surface area contributed by atoms with Gasteiger partial charge in [-0.15, -0.1) is 0 Å². The molecule has 5 heterocycles. The number of nitrogens with one attached hydrogen (secondary N) is 1. The average Bonchev–Trinajstić information content (AvgIpc) is 3.19. The van der Waals surface area contributed by atoms with Crippen molar-refractivity contribution in [3.05, 3.63) is 0 Å². The van der Waals surface area contributed by atoms with E-state index in [0.29, 0.717) is 0 Å². The van der Waals surface area contributed by atoms with Gasteiger partial charge in [0.05, 0.1) is 32.5 Å². The number of carbonyl (C=O) groups excluding carboxylic acids is 1. The third-order valence-corrected chi connectivity index (χ3v) is 10.7. The third-order valence-electron chi connectivity index (χ3n) is 10.7. The lowest BCUT2D eigenvalue weighted by atomic mass is 9.94. The van der Waals surface area contributed by atoms with E-state index in [1.54, 1.807) is 0 Å². The maximum absolute atomic E-state index is 12.6. The molecule has 0 aromatic heterocycles. The first-order valence-electron chi connectivity index (χ1n) is 18.5. The van der Waals surface area contributed by atoms with Gasteiger partial charge in [0.1, 0.15) is 116 Å². The molecular weight excluding hydrogens is 798 g/mol. The van der Waals surface area contributed by atoms with Crippen molar-refractivity contribution >= 4 is 5.91 Å². The van der Waals surface area contributed by atoms with Crippen LogP contribution in [0.5, 0.6) is 0 Å². The molecule has 0 spiro atoms. The van der Waals surface area contributed by atoms with Crippen molar-refractivity contribution in [2.75, 3.05) is 26.4 Å². The summed E-state index contributed by atoms with van der Waals surface area (Å²) < 4.78 is 50.8. The molecule has 5 rings (SSSR count). The van der Waals surface area contributed by atoms with Gasteiger partial charge in [0, 0.05) is 6.92 Å². The van der Waals surface area contributed by atoms with Gasteiger partial charge in [-0.2, -0.15) is 0 Å². The Bertz CT molecular complexity index is 1300. The molecule has 5 saturated heterocycles. The van der Waals surface area contributed by atoms with Gasteiger partial charge in [-0.3, -0.25) is 4.79 Å². The molecule has 1 amide bonds. The van der Waals surface area contributed by atoms with Gasteiger partial charge in [-0.25, -0.2) is 0 Å². The Labute approximate surface area is 329 Å². The van der Waals surface area contributed by atoms with Gasteiger partial charge >= 0.3 is 0 Å². The lowest BCUT2D eigenvalue weighted by Crippen LogP contribution is -2.70. The normalized spacial score (nSPS) is 51.6. The Kier molecular flexibility index (Phi) is 16.5. The van der Waals surface area contributed by atoms with Gasteiger partial charge in [0.2, 0.25) is 5.91 Å². The summed E-state index contributed by atoms with van der Waals surface area (Å²) >= 11 is 0. The second-order valence-electron chi connectivity index (χ2n) is 14.7. The number of ether oxygens (including phenoxy) is 9. The zero-order chi connectivity index (χ0) is 42.9. The molecule has 5 aliphatic heterocycles. The summed E-state index contributed by atoms with van der Waals surface area (Å²) in [7, 11) is 0. The second kappa shape index (κ2) is 20.1. The van der Waals surface area contributed by atoms with Crippen LogP contribution in [0.4, 0.5) is 0 Å². The van der Waals surface area contributed by atoms with E-state index >= 15 is 0 Å². The molecule has 26 nitrogen and oxygen atoms in total. The fourth-order valence-corrected chi connectivity index (χ4v) is 7.36. The van der Waals surface area contributed by atoms with Crippen molar-refractivity contribution in [2.24, 2.45) is 0 Å². The van der Waals surface area contributed by atoms with E-state index < -0.39 is 186 Å². The van der Waals surface area contributed by atoms with Crippen LogP contribution in [0.25, 0.3) is 0 Å². The maximum atomic E-state index is 12.6. The van der Waals surface area contributed by atoms with E-state index in [1.165, 1.54) is 6.92 Å². The molecule has 0 aliphatic carbocycles. The Balaban J connectivity index is 1.40. The first-order chi connectivity index (χ1) is 27.4. The van der Waals surface area contributed by atoms with E-state index in [0.717, 1.165) is 6.92 Å². The summed E-state index contributed by atoms with van der Waals surface area (Å²) in [6, 6.07) is -1.69. The van der Waals surface area contributed by atoms with Gasteiger partial charge in [-0.05, 0) is 6.92 Å².